The second kappa shape index (κ2) is 6.02. The number of nitrogens with two attached hydrogens (primary N) is 1. The minimum atomic E-state index is 0.122. The van der Waals surface area contributed by atoms with Crippen LogP contribution in [0.2, 0.25) is 0 Å². The number of benzene rings is 1. The summed E-state index contributed by atoms with van der Waals surface area (Å²) in [5, 5.41) is 0. The van der Waals surface area contributed by atoms with E-state index >= 15 is 0 Å². The van der Waals surface area contributed by atoms with E-state index < -0.39 is 0 Å². The highest BCUT2D eigenvalue weighted by molar-refractivity contribution is 5.32. The third-order valence-electron chi connectivity index (χ3n) is 2.95. The third kappa shape index (κ3) is 3.62. The fourth-order valence-corrected chi connectivity index (χ4v) is 2.07. The van der Waals surface area contributed by atoms with Crippen molar-refractivity contribution in [3.05, 3.63) is 34.9 Å². The zero-order valence-electron chi connectivity index (χ0n) is 11.0. The lowest BCUT2D eigenvalue weighted by molar-refractivity contribution is 0.313. The lowest BCUT2D eigenvalue weighted by Gasteiger charge is -2.22. The largest absolute Gasteiger partial charge is 0.323 e. The first kappa shape index (κ1) is 13.2. The van der Waals surface area contributed by atoms with Crippen LogP contribution in [0.25, 0.3) is 0 Å². The Hall–Kier alpha value is -0.860. The van der Waals surface area contributed by atoms with Gasteiger partial charge in [0.2, 0.25) is 0 Å². The van der Waals surface area contributed by atoms with E-state index in [1.807, 2.05) is 0 Å². The lowest BCUT2D eigenvalue weighted by atomic mass is 9.99. The Balaban J connectivity index is 2.72. The third-order valence-corrected chi connectivity index (χ3v) is 2.95. The van der Waals surface area contributed by atoms with Crippen molar-refractivity contribution in [2.24, 2.45) is 5.73 Å². The molecule has 0 aliphatic rings. The van der Waals surface area contributed by atoms with Gasteiger partial charge in [0.15, 0.2) is 0 Å². The molecule has 1 rings (SSSR count). The number of hydrogen-bond acceptors (Lipinski definition) is 2. The van der Waals surface area contributed by atoms with E-state index in [-0.39, 0.29) is 6.04 Å². The molecule has 16 heavy (non-hydrogen) atoms. The molecule has 1 unspecified atom stereocenters. The van der Waals surface area contributed by atoms with Gasteiger partial charge in [0, 0.05) is 12.6 Å². The minimum Gasteiger partial charge on any atom is -0.323 e. The highest BCUT2D eigenvalue weighted by Gasteiger charge is 2.11. The Bertz CT molecular complexity index is 334. The zero-order valence-corrected chi connectivity index (χ0v) is 11.0. The monoisotopic (exact) mass is 220 g/mol. The molecule has 2 heteroatoms. The average Bonchev–Trinajstić information content (AvgIpc) is 2.21. The Morgan fingerprint density at radius 3 is 2.62 bits per heavy atom. The van der Waals surface area contributed by atoms with Gasteiger partial charge in [-0.05, 0) is 45.0 Å². The molecule has 0 amide bonds. The van der Waals surface area contributed by atoms with Crippen LogP contribution in [0.15, 0.2) is 18.2 Å². The van der Waals surface area contributed by atoms with E-state index in [0.29, 0.717) is 0 Å². The quantitative estimate of drug-likeness (QED) is 0.826. The van der Waals surface area contributed by atoms with Crippen molar-refractivity contribution in [1.82, 2.24) is 4.90 Å². The van der Waals surface area contributed by atoms with Gasteiger partial charge in [0.1, 0.15) is 0 Å². The summed E-state index contributed by atoms with van der Waals surface area (Å²) in [6.07, 6.45) is 1.18. The van der Waals surface area contributed by atoms with Crippen LogP contribution in [0, 0.1) is 13.8 Å². The van der Waals surface area contributed by atoms with Crippen LogP contribution in [-0.2, 0) is 0 Å². The Labute approximate surface area is 99.5 Å². The molecule has 0 heterocycles. The maximum atomic E-state index is 6.25. The second-order valence-electron chi connectivity index (χ2n) is 4.73. The second-order valence-corrected chi connectivity index (χ2v) is 4.73. The van der Waals surface area contributed by atoms with Gasteiger partial charge in [-0.15, -0.1) is 0 Å². The SMILES string of the molecule is CCCN(C)CC(N)c1cc(C)ccc1C. The first-order valence-corrected chi connectivity index (χ1v) is 6.06. The van der Waals surface area contributed by atoms with Crippen molar-refractivity contribution in [1.29, 1.82) is 0 Å². The number of rotatable bonds is 5. The summed E-state index contributed by atoms with van der Waals surface area (Å²) in [7, 11) is 2.13. The molecular weight excluding hydrogens is 196 g/mol. The zero-order chi connectivity index (χ0) is 12.1. The standard InChI is InChI=1S/C14H24N2/c1-5-8-16(4)10-14(15)13-9-11(2)6-7-12(13)3/h6-7,9,14H,5,8,10,15H2,1-4H3. The van der Waals surface area contributed by atoms with Gasteiger partial charge in [-0.2, -0.15) is 0 Å². The molecule has 1 atom stereocenters. The van der Waals surface area contributed by atoms with E-state index in [1.165, 1.54) is 23.1 Å². The van der Waals surface area contributed by atoms with Crippen LogP contribution < -0.4 is 5.73 Å². The first-order valence-electron chi connectivity index (χ1n) is 6.06. The van der Waals surface area contributed by atoms with Crippen molar-refractivity contribution < 1.29 is 0 Å². The van der Waals surface area contributed by atoms with Gasteiger partial charge in [-0.3, -0.25) is 0 Å². The number of hydrogen-bond donors (Lipinski definition) is 1. The number of nitrogens with zero attached hydrogens (tertiary/aromatic N) is 1. The van der Waals surface area contributed by atoms with Crippen molar-refractivity contribution in [2.45, 2.75) is 33.2 Å². The fourth-order valence-electron chi connectivity index (χ4n) is 2.07. The summed E-state index contributed by atoms with van der Waals surface area (Å²) in [6.45, 7) is 8.48. The molecule has 90 valence electrons. The van der Waals surface area contributed by atoms with E-state index in [9.17, 15) is 0 Å². The molecule has 0 saturated heterocycles. The molecule has 1 aromatic carbocycles. The molecule has 0 aromatic heterocycles. The van der Waals surface area contributed by atoms with Crippen molar-refractivity contribution >= 4 is 0 Å². The van der Waals surface area contributed by atoms with Crippen LogP contribution in [0.4, 0.5) is 0 Å². The van der Waals surface area contributed by atoms with Crippen LogP contribution in [0.1, 0.15) is 36.1 Å². The molecule has 0 aliphatic heterocycles. The predicted octanol–water partition coefficient (Wildman–Crippen LogP) is 2.65. The Morgan fingerprint density at radius 2 is 2.00 bits per heavy atom. The molecule has 2 N–H and O–H groups in total. The molecule has 0 aliphatic carbocycles. The van der Waals surface area contributed by atoms with Gasteiger partial charge in [0.25, 0.3) is 0 Å². The molecule has 0 bridgehead atoms. The Kier molecular flexibility index (Phi) is 4.97. The van der Waals surface area contributed by atoms with Gasteiger partial charge in [-0.1, -0.05) is 30.7 Å². The molecule has 0 radical (unpaired) electrons. The van der Waals surface area contributed by atoms with Gasteiger partial charge in [0.05, 0.1) is 0 Å². The molecule has 0 fully saturated rings. The molecule has 0 saturated carbocycles. The van der Waals surface area contributed by atoms with Gasteiger partial charge >= 0.3 is 0 Å². The van der Waals surface area contributed by atoms with Crippen LogP contribution in [0.3, 0.4) is 0 Å². The highest BCUT2D eigenvalue weighted by Crippen LogP contribution is 2.18. The summed E-state index contributed by atoms with van der Waals surface area (Å²) >= 11 is 0. The summed E-state index contributed by atoms with van der Waals surface area (Å²) in [5.41, 5.74) is 10.1. The van der Waals surface area contributed by atoms with E-state index in [0.717, 1.165) is 13.1 Å². The van der Waals surface area contributed by atoms with Crippen molar-refractivity contribution in [3.63, 3.8) is 0 Å². The maximum Gasteiger partial charge on any atom is 0.0426 e. The molecule has 2 nitrogen and oxygen atoms in total. The normalized spacial score (nSPS) is 13.1. The Morgan fingerprint density at radius 1 is 1.31 bits per heavy atom. The van der Waals surface area contributed by atoms with E-state index in [1.54, 1.807) is 0 Å². The highest BCUT2D eigenvalue weighted by atomic mass is 15.1. The smallest absolute Gasteiger partial charge is 0.0426 e. The van der Waals surface area contributed by atoms with Crippen LogP contribution in [-0.4, -0.2) is 25.0 Å². The van der Waals surface area contributed by atoms with E-state index in [2.05, 4.69) is 50.9 Å². The minimum absolute atomic E-state index is 0.122. The first-order chi connectivity index (χ1) is 7.54. The summed E-state index contributed by atoms with van der Waals surface area (Å²) < 4.78 is 0. The number of likely N-dealkylation sites (N-methyl/N-ethyl adjacent to an activating group) is 1. The molecule has 0 spiro atoms. The van der Waals surface area contributed by atoms with Crippen LogP contribution >= 0.6 is 0 Å². The van der Waals surface area contributed by atoms with Crippen LogP contribution in [0.5, 0.6) is 0 Å². The molecular formula is C14H24N2. The molecule has 1 aromatic rings. The predicted molar refractivity (Wildman–Crippen MR) is 70.6 cm³/mol. The topological polar surface area (TPSA) is 29.3 Å². The summed E-state index contributed by atoms with van der Waals surface area (Å²) in [4.78, 5) is 2.30. The average molecular weight is 220 g/mol. The fraction of sp³-hybridized carbons (Fsp3) is 0.571. The summed E-state index contributed by atoms with van der Waals surface area (Å²) in [5.74, 6) is 0. The van der Waals surface area contributed by atoms with Crippen molar-refractivity contribution in [2.75, 3.05) is 20.1 Å². The van der Waals surface area contributed by atoms with Crippen molar-refractivity contribution in [3.8, 4) is 0 Å². The summed E-state index contributed by atoms with van der Waals surface area (Å²) in [6, 6.07) is 6.63. The van der Waals surface area contributed by atoms with Gasteiger partial charge in [-0.25, -0.2) is 0 Å². The van der Waals surface area contributed by atoms with E-state index in [4.69, 9.17) is 5.73 Å². The van der Waals surface area contributed by atoms with Gasteiger partial charge < -0.3 is 10.6 Å². The number of aryl methyl sites for hydroxylation is 2. The maximum absolute atomic E-state index is 6.25. The lowest BCUT2D eigenvalue weighted by Crippen LogP contribution is -2.30.